The lowest BCUT2D eigenvalue weighted by atomic mass is 10.1. The highest BCUT2D eigenvalue weighted by Gasteiger charge is 2.40. The Morgan fingerprint density at radius 2 is 2.03 bits per heavy atom. The van der Waals surface area contributed by atoms with Gasteiger partial charge in [-0.15, -0.1) is 0 Å². The fourth-order valence-electron chi connectivity index (χ4n) is 4.85. The number of rotatable bonds is 5. The van der Waals surface area contributed by atoms with Gasteiger partial charge in [0.15, 0.2) is 0 Å². The molecule has 0 bridgehead atoms. The first kappa shape index (κ1) is 20.8. The zero-order valence-corrected chi connectivity index (χ0v) is 18.2. The molecule has 1 amide bonds. The number of anilines is 2. The molecular weight excluding hydrogens is 418 g/mol. The Bertz CT molecular complexity index is 1030. The number of carbonyl (C=O) groups is 1. The van der Waals surface area contributed by atoms with E-state index in [1.54, 1.807) is 6.07 Å². The van der Waals surface area contributed by atoms with Crippen LogP contribution < -0.4 is 14.5 Å². The maximum Gasteiger partial charge on any atom is 0.388 e. The zero-order chi connectivity index (χ0) is 22.4. The SMILES string of the molecule is Cc1nc2c(c(N3CCC3)n1)[C@H](C)N(C(=O)[C@@H]1CCN(c3ccnc(OC(F)F)c3)C1)C2. The molecule has 0 saturated carbocycles. The highest BCUT2D eigenvalue weighted by atomic mass is 19.3. The summed E-state index contributed by atoms with van der Waals surface area (Å²) in [6, 6.07) is 3.16. The van der Waals surface area contributed by atoms with E-state index in [1.807, 2.05) is 16.7 Å². The van der Waals surface area contributed by atoms with Gasteiger partial charge in [0, 0.05) is 49.7 Å². The van der Waals surface area contributed by atoms with E-state index in [2.05, 4.69) is 31.5 Å². The van der Waals surface area contributed by atoms with Gasteiger partial charge in [-0.3, -0.25) is 4.79 Å². The Balaban J connectivity index is 1.30. The van der Waals surface area contributed by atoms with E-state index in [0.29, 0.717) is 26.1 Å². The minimum Gasteiger partial charge on any atom is -0.417 e. The van der Waals surface area contributed by atoms with Crippen LogP contribution >= 0.6 is 0 Å². The maximum atomic E-state index is 13.5. The number of hydrogen-bond acceptors (Lipinski definition) is 7. The molecule has 8 nitrogen and oxygen atoms in total. The summed E-state index contributed by atoms with van der Waals surface area (Å²) in [5.74, 6) is 1.52. The van der Waals surface area contributed by atoms with Crippen molar-refractivity contribution >= 4 is 17.4 Å². The highest BCUT2D eigenvalue weighted by Crippen LogP contribution is 2.40. The molecule has 2 aromatic rings. The van der Waals surface area contributed by atoms with Crippen LogP contribution in [0.15, 0.2) is 18.3 Å². The van der Waals surface area contributed by atoms with Crippen LogP contribution in [0.3, 0.4) is 0 Å². The summed E-state index contributed by atoms with van der Waals surface area (Å²) in [7, 11) is 0. The molecule has 170 valence electrons. The fourth-order valence-corrected chi connectivity index (χ4v) is 4.85. The van der Waals surface area contributed by atoms with Crippen molar-refractivity contribution in [1.29, 1.82) is 0 Å². The molecule has 2 saturated heterocycles. The molecular formula is C22H26F2N6O2. The van der Waals surface area contributed by atoms with Crippen molar-refractivity contribution in [3.8, 4) is 5.88 Å². The maximum absolute atomic E-state index is 13.5. The lowest BCUT2D eigenvalue weighted by molar-refractivity contribution is -0.137. The topological polar surface area (TPSA) is 74.7 Å². The highest BCUT2D eigenvalue weighted by molar-refractivity contribution is 5.82. The minimum absolute atomic E-state index is 0.0743. The number of aromatic nitrogens is 3. The Kier molecular flexibility index (Phi) is 5.30. The molecule has 0 aromatic carbocycles. The van der Waals surface area contributed by atoms with Crippen LogP contribution in [0.25, 0.3) is 0 Å². The number of amides is 1. The molecule has 5 rings (SSSR count). The van der Waals surface area contributed by atoms with Crippen molar-refractivity contribution in [2.24, 2.45) is 5.92 Å². The summed E-state index contributed by atoms with van der Waals surface area (Å²) in [6.07, 6.45) is 3.31. The standard InChI is InChI=1S/C22H26F2N6O2/c1-13-19-17(26-14(2)27-20(19)28-7-3-8-28)12-30(13)21(31)15-5-9-29(11-15)16-4-6-25-18(10-16)32-22(23)24/h4,6,10,13,15,22H,3,5,7-9,11-12H2,1-2H3/t13-,15+/m0/s1. The number of ether oxygens (including phenoxy) is 1. The monoisotopic (exact) mass is 444 g/mol. The first-order valence-electron chi connectivity index (χ1n) is 11.0. The number of pyridine rings is 1. The third-order valence-corrected chi connectivity index (χ3v) is 6.59. The molecule has 0 aliphatic carbocycles. The van der Waals surface area contributed by atoms with Crippen LogP contribution in [-0.2, 0) is 11.3 Å². The van der Waals surface area contributed by atoms with Gasteiger partial charge in [0.2, 0.25) is 11.8 Å². The van der Waals surface area contributed by atoms with Gasteiger partial charge in [0.05, 0.1) is 24.2 Å². The molecule has 0 spiro atoms. The summed E-state index contributed by atoms with van der Waals surface area (Å²) in [5.41, 5.74) is 2.74. The van der Waals surface area contributed by atoms with Gasteiger partial charge in [-0.1, -0.05) is 0 Å². The number of aryl methyl sites for hydroxylation is 1. The van der Waals surface area contributed by atoms with E-state index < -0.39 is 6.61 Å². The Morgan fingerprint density at radius 3 is 2.75 bits per heavy atom. The minimum atomic E-state index is -2.92. The Labute approximate surface area is 185 Å². The lowest BCUT2D eigenvalue weighted by Gasteiger charge is -2.34. The van der Waals surface area contributed by atoms with E-state index in [4.69, 9.17) is 0 Å². The van der Waals surface area contributed by atoms with Gasteiger partial charge < -0.3 is 19.4 Å². The molecule has 2 atom stereocenters. The summed E-state index contributed by atoms with van der Waals surface area (Å²) in [5, 5.41) is 0. The molecule has 0 radical (unpaired) electrons. The van der Waals surface area contributed by atoms with E-state index >= 15 is 0 Å². The normalized spacial score (nSPS) is 22.3. The molecule has 3 aliphatic heterocycles. The summed E-state index contributed by atoms with van der Waals surface area (Å²) in [4.78, 5) is 32.8. The van der Waals surface area contributed by atoms with E-state index in [9.17, 15) is 13.6 Å². The number of fused-ring (bicyclic) bond motifs is 1. The Morgan fingerprint density at radius 1 is 1.22 bits per heavy atom. The lowest BCUT2D eigenvalue weighted by Crippen LogP contribution is -2.39. The third-order valence-electron chi connectivity index (χ3n) is 6.59. The largest absolute Gasteiger partial charge is 0.417 e. The quantitative estimate of drug-likeness (QED) is 0.702. The van der Waals surface area contributed by atoms with E-state index in [1.165, 1.54) is 12.3 Å². The average Bonchev–Trinajstić information content (AvgIpc) is 3.31. The van der Waals surface area contributed by atoms with E-state index in [-0.39, 0.29) is 23.7 Å². The van der Waals surface area contributed by atoms with Crippen LogP contribution in [-0.4, -0.2) is 58.5 Å². The molecule has 0 unspecified atom stereocenters. The van der Waals surface area contributed by atoms with Gasteiger partial charge in [0.1, 0.15) is 11.6 Å². The number of carbonyl (C=O) groups excluding carboxylic acids is 1. The number of halogens is 2. The number of hydrogen-bond donors (Lipinski definition) is 0. The van der Waals surface area contributed by atoms with Gasteiger partial charge in [-0.05, 0) is 32.8 Å². The molecule has 2 fully saturated rings. The van der Waals surface area contributed by atoms with Crippen LogP contribution in [0.4, 0.5) is 20.3 Å². The van der Waals surface area contributed by atoms with E-state index in [0.717, 1.165) is 48.1 Å². The van der Waals surface area contributed by atoms with Crippen molar-refractivity contribution < 1.29 is 18.3 Å². The summed E-state index contributed by atoms with van der Waals surface area (Å²) < 4.78 is 29.4. The number of alkyl halides is 2. The summed E-state index contributed by atoms with van der Waals surface area (Å²) >= 11 is 0. The third kappa shape index (κ3) is 3.71. The Hall–Kier alpha value is -3.04. The van der Waals surface area contributed by atoms with Crippen LogP contribution in [0.5, 0.6) is 5.88 Å². The van der Waals surface area contributed by atoms with Gasteiger partial charge >= 0.3 is 6.61 Å². The van der Waals surface area contributed by atoms with Gasteiger partial charge in [0.25, 0.3) is 0 Å². The van der Waals surface area contributed by atoms with Crippen LogP contribution in [0.1, 0.15) is 42.9 Å². The van der Waals surface area contributed by atoms with Gasteiger partial charge in [-0.2, -0.15) is 8.78 Å². The van der Waals surface area contributed by atoms with Crippen molar-refractivity contribution in [3.63, 3.8) is 0 Å². The van der Waals surface area contributed by atoms with Crippen molar-refractivity contribution in [1.82, 2.24) is 19.9 Å². The fraction of sp³-hybridized carbons (Fsp3) is 0.545. The second-order valence-electron chi connectivity index (χ2n) is 8.60. The van der Waals surface area contributed by atoms with Crippen molar-refractivity contribution in [2.75, 3.05) is 36.0 Å². The molecule has 0 N–H and O–H groups in total. The van der Waals surface area contributed by atoms with Crippen LogP contribution in [0, 0.1) is 12.8 Å². The number of nitrogens with zero attached hydrogens (tertiary/aromatic N) is 6. The second-order valence-corrected chi connectivity index (χ2v) is 8.60. The smallest absolute Gasteiger partial charge is 0.388 e. The molecule has 5 heterocycles. The first-order valence-corrected chi connectivity index (χ1v) is 11.0. The zero-order valence-electron chi connectivity index (χ0n) is 18.2. The predicted octanol–water partition coefficient (Wildman–Crippen LogP) is 2.92. The average molecular weight is 444 g/mol. The molecule has 3 aliphatic rings. The molecule has 2 aromatic heterocycles. The van der Waals surface area contributed by atoms with Crippen LogP contribution in [0.2, 0.25) is 0 Å². The molecule has 10 heteroatoms. The van der Waals surface area contributed by atoms with Crippen molar-refractivity contribution in [3.05, 3.63) is 35.4 Å². The second kappa shape index (κ2) is 8.14. The summed E-state index contributed by atoms with van der Waals surface area (Å²) in [6.45, 7) is 4.70. The van der Waals surface area contributed by atoms with Crippen molar-refractivity contribution in [2.45, 2.75) is 45.9 Å². The van der Waals surface area contributed by atoms with Gasteiger partial charge in [-0.25, -0.2) is 15.0 Å². The molecule has 32 heavy (non-hydrogen) atoms. The first-order chi connectivity index (χ1) is 15.4. The predicted molar refractivity (Wildman–Crippen MR) is 114 cm³/mol.